The Morgan fingerprint density at radius 2 is 2.00 bits per heavy atom. The van der Waals surface area contributed by atoms with Gasteiger partial charge < -0.3 is 10.1 Å². The number of nitrogens with one attached hydrogen (secondary N) is 1. The summed E-state index contributed by atoms with van der Waals surface area (Å²) in [6, 6.07) is 2.76. The highest BCUT2D eigenvalue weighted by Gasteiger charge is 2.18. The molecule has 3 N–H and O–H groups in total. The fourth-order valence-electron chi connectivity index (χ4n) is 1.85. The van der Waals surface area contributed by atoms with E-state index >= 15 is 0 Å². The predicted octanol–water partition coefficient (Wildman–Crippen LogP) is 0.716. The molecule has 0 heterocycles. The summed E-state index contributed by atoms with van der Waals surface area (Å²) in [6.07, 6.45) is 0. The largest absolute Gasteiger partial charge is 0.383 e. The van der Waals surface area contributed by atoms with Crippen LogP contribution in [0.1, 0.15) is 28.4 Å². The second-order valence-electron chi connectivity index (χ2n) is 4.79. The summed E-state index contributed by atoms with van der Waals surface area (Å²) < 4.78 is 28.0. The summed E-state index contributed by atoms with van der Waals surface area (Å²) in [5.41, 5.74) is 1.51. The van der Waals surface area contributed by atoms with Crippen molar-refractivity contribution in [1.82, 2.24) is 5.32 Å². The quantitative estimate of drug-likeness (QED) is 0.837. The number of ether oxygens (including phenoxy) is 1. The maximum absolute atomic E-state index is 12.1. The Kier molecular flexibility index (Phi) is 5.27. The Morgan fingerprint density at radius 1 is 1.40 bits per heavy atom. The number of methoxy groups -OCH3 is 1. The molecule has 0 spiro atoms. The molecule has 0 aromatic heterocycles. The van der Waals surface area contributed by atoms with Crippen LogP contribution in [0.2, 0.25) is 0 Å². The van der Waals surface area contributed by atoms with Crippen LogP contribution in [-0.2, 0) is 14.8 Å². The minimum atomic E-state index is -3.86. The molecule has 0 radical (unpaired) electrons. The van der Waals surface area contributed by atoms with Gasteiger partial charge in [-0.1, -0.05) is 0 Å². The molecule has 112 valence electrons. The van der Waals surface area contributed by atoms with Gasteiger partial charge in [0.05, 0.1) is 11.5 Å². The number of carbonyl (C=O) groups excluding carboxylic acids is 1. The molecule has 20 heavy (non-hydrogen) atoms. The van der Waals surface area contributed by atoms with E-state index in [1.165, 1.54) is 13.2 Å². The van der Waals surface area contributed by atoms with Crippen molar-refractivity contribution in [3.63, 3.8) is 0 Å². The van der Waals surface area contributed by atoms with Gasteiger partial charge in [-0.15, -0.1) is 0 Å². The van der Waals surface area contributed by atoms with Gasteiger partial charge in [0, 0.05) is 18.7 Å². The Balaban J connectivity index is 3.15. The first-order valence-corrected chi connectivity index (χ1v) is 7.65. The molecule has 7 heteroatoms. The van der Waals surface area contributed by atoms with E-state index in [2.05, 4.69) is 5.32 Å². The summed E-state index contributed by atoms with van der Waals surface area (Å²) >= 11 is 0. The summed E-state index contributed by atoms with van der Waals surface area (Å²) in [7, 11) is -2.32. The van der Waals surface area contributed by atoms with E-state index in [0.29, 0.717) is 17.7 Å². The fraction of sp³-hybridized carbons (Fsp3) is 0.462. The van der Waals surface area contributed by atoms with Gasteiger partial charge in [0.25, 0.3) is 5.91 Å². The number of nitrogens with two attached hydrogens (primary N) is 1. The van der Waals surface area contributed by atoms with Crippen LogP contribution in [0, 0.1) is 13.8 Å². The minimum absolute atomic E-state index is 0.0259. The Labute approximate surface area is 119 Å². The second kappa shape index (κ2) is 6.34. The van der Waals surface area contributed by atoms with E-state index in [4.69, 9.17) is 9.88 Å². The first kappa shape index (κ1) is 16.6. The summed E-state index contributed by atoms with van der Waals surface area (Å²) in [6.45, 7) is 5.56. The van der Waals surface area contributed by atoms with E-state index in [1.54, 1.807) is 26.8 Å². The molecule has 0 saturated heterocycles. The Morgan fingerprint density at radius 3 is 2.50 bits per heavy atom. The SMILES string of the molecule is COCC(C)NC(=O)c1cc(C)c(C)c(S(N)(=O)=O)c1. The fourth-order valence-corrected chi connectivity index (χ4v) is 2.73. The monoisotopic (exact) mass is 300 g/mol. The molecule has 1 aromatic carbocycles. The highest BCUT2D eigenvalue weighted by Crippen LogP contribution is 2.20. The lowest BCUT2D eigenvalue weighted by Crippen LogP contribution is -2.35. The number of primary sulfonamides is 1. The highest BCUT2D eigenvalue weighted by atomic mass is 32.2. The number of hydrogen-bond acceptors (Lipinski definition) is 4. The Hall–Kier alpha value is -1.44. The van der Waals surface area contributed by atoms with Crippen molar-refractivity contribution in [3.05, 3.63) is 28.8 Å². The zero-order chi connectivity index (χ0) is 15.5. The van der Waals surface area contributed by atoms with Gasteiger partial charge in [-0.25, -0.2) is 13.6 Å². The van der Waals surface area contributed by atoms with E-state index < -0.39 is 10.0 Å². The summed E-state index contributed by atoms with van der Waals surface area (Å²) in [5, 5.41) is 7.89. The lowest BCUT2D eigenvalue weighted by molar-refractivity contribution is 0.0905. The van der Waals surface area contributed by atoms with Gasteiger partial charge in [0.2, 0.25) is 10.0 Å². The van der Waals surface area contributed by atoms with Gasteiger partial charge >= 0.3 is 0 Å². The van der Waals surface area contributed by atoms with Crippen LogP contribution < -0.4 is 10.5 Å². The number of rotatable bonds is 5. The van der Waals surface area contributed by atoms with Crippen LogP contribution in [0.15, 0.2) is 17.0 Å². The van der Waals surface area contributed by atoms with Crippen molar-refractivity contribution in [2.24, 2.45) is 5.14 Å². The number of benzene rings is 1. The molecule has 1 aromatic rings. The molecule has 1 amide bonds. The standard InChI is InChI=1S/C13H20N2O4S/c1-8-5-11(13(16)15-9(2)7-19-4)6-12(10(8)3)20(14,17)18/h5-6,9H,7H2,1-4H3,(H,15,16)(H2,14,17,18). The highest BCUT2D eigenvalue weighted by molar-refractivity contribution is 7.89. The third-order valence-electron chi connectivity index (χ3n) is 2.98. The lowest BCUT2D eigenvalue weighted by Gasteiger charge is -2.14. The topological polar surface area (TPSA) is 98.5 Å². The van der Waals surface area contributed by atoms with Crippen LogP contribution in [-0.4, -0.2) is 34.1 Å². The van der Waals surface area contributed by atoms with Crippen LogP contribution >= 0.6 is 0 Å². The molecule has 0 fully saturated rings. The molecule has 0 aliphatic heterocycles. The van der Waals surface area contributed by atoms with Crippen molar-refractivity contribution < 1.29 is 17.9 Å². The van der Waals surface area contributed by atoms with E-state index in [9.17, 15) is 13.2 Å². The average Bonchev–Trinajstić information content (AvgIpc) is 2.30. The molecule has 1 unspecified atom stereocenters. The predicted molar refractivity (Wildman–Crippen MR) is 76.1 cm³/mol. The molecule has 0 aliphatic carbocycles. The van der Waals surface area contributed by atoms with Crippen LogP contribution in [0.4, 0.5) is 0 Å². The van der Waals surface area contributed by atoms with Crippen molar-refractivity contribution in [3.8, 4) is 0 Å². The van der Waals surface area contributed by atoms with Gasteiger partial charge in [-0.05, 0) is 44.0 Å². The molecule has 0 aliphatic rings. The van der Waals surface area contributed by atoms with Gasteiger partial charge in [-0.3, -0.25) is 4.79 Å². The zero-order valence-electron chi connectivity index (χ0n) is 12.1. The minimum Gasteiger partial charge on any atom is -0.383 e. The first-order valence-electron chi connectivity index (χ1n) is 6.10. The average molecular weight is 300 g/mol. The molecule has 1 rings (SSSR count). The van der Waals surface area contributed by atoms with Crippen LogP contribution in [0.5, 0.6) is 0 Å². The number of sulfonamides is 1. The van der Waals surface area contributed by atoms with Crippen molar-refractivity contribution in [1.29, 1.82) is 0 Å². The lowest BCUT2D eigenvalue weighted by atomic mass is 10.1. The molecule has 0 bridgehead atoms. The first-order chi connectivity index (χ1) is 9.16. The number of aryl methyl sites for hydroxylation is 1. The summed E-state index contributed by atoms with van der Waals surface area (Å²) in [4.78, 5) is 12.0. The normalized spacial score (nSPS) is 13.1. The van der Waals surface area contributed by atoms with E-state index in [-0.39, 0.29) is 22.4 Å². The van der Waals surface area contributed by atoms with E-state index in [0.717, 1.165) is 0 Å². The van der Waals surface area contributed by atoms with Gasteiger partial charge in [-0.2, -0.15) is 0 Å². The summed E-state index contributed by atoms with van der Waals surface area (Å²) in [5.74, 6) is -0.359. The van der Waals surface area contributed by atoms with Crippen molar-refractivity contribution in [2.75, 3.05) is 13.7 Å². The van der Waals surface area contributed by atoms with Crippen LogP contribution in [0.3, 0.4) is 0 Å². The van der Waals surface area contributed by atoms with Crippen molar-refractivity contribution >= 4 is 15.9 Å². The Bertz CT molecular complexity index is 611. The maximum Gasteiger partial charge on any atom is 0.251 e. The smallest absolute Gasteiger partial charge is 0.251 e. The second-order valence-corrected chi connectivity index (χ2v) is 6.32. The van der Waals surface area contributed by atoms with E-state index in [1.807, 2.05) is 0 Å². The third kappa shape index (κ3) is 4.03. The third-order valence-corrected chi connectivity index (χ3v) is 4.02. The number of hydrogen-bond donors (Lipinski definition) is 2. The maximum atomic E-state index is 12.1. The zero-order valence-corrected chi connectivity index (χ0v) is 12.9. The van der Waals surface area contributed by atoms with Crippen LogP contribution in [0.25, 0.3) is 0 Å². The molecule has 0 saturated carbocycles. The molecule has 6 nitrogen and oxygen atoms in total. The molecular formula is C13H20N2O4S. The number of carbonyl (C=O) groups is 1. The number of amides is 1. The van der Waals surface area contributed by atoms with Gasteiger partial charge in [0.1, 0.15) is 0 Å². The van der Waals surface area contributed by atoms with Gasteiger partial charge in [0.15, 0.2) is 0 Å². The molecular weight excluding hydrogens is 280 g/mol. The molecule has 1 atom stereocenters. The van der Waals surface area contributed by atoms with Crippen molar-refractivity contribution in [2.45, 2.75) is 31.7 Å².